The summed E-state index contributed by atoms with van der Waals surface area (Å²) in [6.45, 7) is 3.62. The summed E-state index contributed by atoms with van der Waals surface area (Å²) in [5, 5.41) is 3.99. The quantitative estimate of drug-likeness (QED) is 0.475. The number of nitrogens with zero attached hydrogens (tertiary/aromatic N) is 5. The predicted molar refractivity (Wildman–Crippen MR) is 140 cm³/mol. The van der Waals surface area contributed by atoms with Crippen LogP contribution < -0.4 is 10.2 Å². The van der Waals surface area contributed by atoms with Crippen LogP contribution in [0.1, 0.15) is 24.2 Å². The lowest BCUT2D eigenvalue weighted by Crippen LogP contribution is -2.38. The van der Waals surface area contributed by atoms with E-state index in [0.717, 1.165) is 62.2 Å². The van der Waals surface area contributed by atoms with Crippen LogP contribution in [-0.2, 0) is 11.3 Å². The molecular formula is C25H26N6O2S2. The molecule has 2 aliphatic rings. The number of hydrogen-bond acceptors (Lipinski definition) is 9. The Morgan fingerprint density at radius 2 is 2.00 bits per heavy atom. The summed E-state index contributed by atoms with van der Waals surface area (Å²) in [6, 6.07) is 12.2. The average Bonchev–Trinajstić information content (AvgIpc) is 3.50. The Balaban J connectivity index is 1.14. The van der Waals surface area contributed by atoms with E-state index in [0.29, 0.717) is 22.5 Å². The third kappa shape index (κ3) is 5.95. The fourth-order valence-electron chi connectivity index (χ4n) is 4.38. The van der Waals surface area contributed by atoms with E-state index in [1.54, 1.807) is 29.7 Å². The van der Waals surface area contributed by atoms with Crippen LogP contribution in [0.3, 0.4) is 0 Å². The SMILES string of the molecule is CN(Cc1cccc(-c2cccs2)n1)CC1CCN(c2nccc(/C=C3/SC(=O)NC3=O)n2)CC1. The van der Waals surface area contributed by atoms with E-state index in [1.165, 1.54) is 4.88 Å². The van der Waals surface area contributed by atoms with Crippen LogP contribution >= 0.6 is 23.1 Å². The summed E-state index contributed by atoms with van der Waals surface area (Å²) >= 11 is 2.61. The number of piperidine rings is 1. The molecule has 5 heterocycles. The minimum absolute atomic E-state index is 0.353. The van der Waals surface area contributed by atoms with Gasteiger partial charge in [-0.15, -0.1) is 11.3 Å². The molecule has 2 saturated heterocycles. The standard InChI is InChI=1S/C25H26N6O2S2/c1-30(16-19-4-2-5-20(27-19)21-6-3-13-34-21)15-17-8-11-31(12-9-17)24-26-10-7-18(28-24)14-22-23(32)29-25(33)35-22/h2-7,10,13-14,17H,8-9,11-12,15-16H2,1H3,(H,29,32,33)/b22-14+. The highest BCUT2D eigenvalue weighted by Crippen LogP contribution is 2.27. The number of carbonyl (C=O) groups is 2. The third-order valence-corrected chi connectivity index (χ3v) is 7.77. The van der Waals surface area contributed by atoms with Crippen LogP contribution in [0.15, 0.2) is 52.9 Å². The molecule has 0 aliphatic carbocycles. The molecule has 3 aromatic heterocycles. The van der Waals surface area contributed by atoms with Crippen molar-refractivity contribution in [2.45, 2.75) is 19.4 Å². The van der Waals surface area contributed by atoms with Crippen molar-refractivity contribution in [2.75, 3.05) is 31.6 Å². The van der Waals surface area contributed by atoms with Crippen LogP contribution in [0.2, 0.25) is 0 Å². The molecule has 1 N–H and O–H groups in total. The highest BCUT2D eigenvalue weighted by molar-refractivity contribution is 8.18. The van der Waals surface area contributed by atoms with E-state index < -0.39 is 0 Å². The molecule has 0 unspecified atom stereocenters. The average molecular weight is 507 g/mol. The molecule has 2 amide bonds. The molecule has 10 heteroatoms. The van der Waals surface area contributed by atoms with E-state index in [1.807, 2.05) is 0 Å². The van der Waals surface area contributed by atoms with Gasteiger partial charge in [0, 0.05) is 32.4 Å². The number of thiophene rings is 1. The molecule has 2 aliphatic heterocycles. The second-order valence-electron chi connectivity index (χ2n) is 8.75. The maximum absolute atomic E-state index is 11.8. The first kappa shape index (κ1) is 23.7. The number of thioether (sulfide) groups is 1. The van der Waals surface area contributed by atoms with Gasteiger partial charge in [-0.2, -0.15) is 0 Å². The summed E-state index contributed by atoms with van der Waals surface area (Å²) < 4.78 is 0. The largest absolute Gasteiger partial charge is 0.341 e. The number of amides is 2. The van der Waals surface area contributed by atoms with Crippen molar-refractivity contribution >= 4 is 46.3 Å². The summed E-state index contributed by atoms with van der Waals surface area (Å²) in [5.41, 5.74) is 2.75. The summed E-state index contributed by atoms with van der Waals surface area (Å²) in [5.74, 6) is 0.889. The number of pyridine rings is 1. The van der Waals surface area contributed by atoms with Crippen molar-refractivity contribution in [3.05, 3.63) is 64.3 Å². The van der Waals surface area contributed by atoms with Crippen LogP contribution in [0, 0.1) is 5.92 Å². The topological polar surface area (TPSA) is 91.3 Å². The Morgan fingerprint density at radius 3 is 2.74 bits per heavy atom. The van der Waals surface area contributed by atoms with Gasteiger partial charge in [-0.3, -0.25) is 19.9 Å². The lowest BCUT2D eigenvalue weighted by Gasteiger charge is -2.34. The first-order chi connectivity index (χ1) is 17.0. The zero-order valence-electron chi connectivity index (χ0n) is 19.4. The van der Waals surface area contributed by atoms with E-state index >= 15 is 0 Å². The van der Waals surface area contributed by atoms with E-state index in [2.05, 4.69) is 67.8 Å². The second-order valence-corrected chi connectivity index (χ2v) is 10.7. The van der Waals surface area contributed by atoms with Gasteiger partial charge in [-0.05, 0) is 73.3 Å². The van der Waals surface area contributed by atoms with Crippen LogP contribution in [0.4, 0.5) is 10.7 Å². The number of hydrogen-bond donors (Lipinski definition) is 1. The van der Waals surface area contributed by atoms with Crippen LogP contribution in [-0.4, -0.2) is 57.7 Å². The number of aromatic nitrogens is 3. The molecule has 0 saturated carbocycles. The third-order valence-electron chi connectivity index (χ3n) is 6.06. The van der Waals surface area contributed by atoms with Crippen molar-refractivity contribution in [3.8, 4) is 10.6 Å². The molecule has 35 heavy (non-hydrogen) atoms. The molecule has 0 bridgehead atoms. The summed E-state index contributed by atoms with van der Waals surface area (Å²) in [7, 11) is 2.16. The number of imide groups is 1. The molecule has 180 valence electrons. The minimum atomic E-state index is -0.376. The van der Waals surface area contributed by atoms with E-state index in [9.17, 15) is 9.59 Å². The number of nitrogens with one attached hydrogen (secondary N) is 1. The molecule has 0 aromatic carbocycles. The van der Waals surface area contributed by atoms with Crippen molar-refractivity contribution in [2.24, 2.45) is 5.92 Å². The van der Waals surface area contributed by atoms with Crippen molar-refractivity contribution < 1.29 is 9.59 Å². The summed E-state index contributed by atoms with van der Waals surface area (Å²) in [6.07, 6.45) is 5.47. The van der Waals surface area contributed by atoms with E-state index in [-0.39, 0.29) is 11.1 Å². The van der Waals surface area contributed by atoms with Crippen LogP contribution in [0.5, 0.6) is 0 Å². The minimum Gasteiger partial charge on any atom is -0.341 e. The maximum Gasteiger partial charge on any atom is 0.290 e. The van der Waals surface area contributed by atoms with Gasteiger partial charge in [0.1, 0.15) is 0 Å². The van der Waals surface area contributed by atoms with Gasteiger partial charge >= 0.3 is 0 Å². The highest BCUT2D eigenvalue weighted by Gasteiger charge is 2.26. The summed E-state index contributed by atoms with van der Waals surface area (Å²) in [4.78, 5) is 43.2. The maximum atomic E-state index is 11.8. The molecule has 5 rings (SSSR count). The Bertz CT molecular complexity index is 1240. The normalized spacial score (nSPS) is 18.0. The number of rotatable bonds is 7. The Labute approximate surface area is 212 Å². The van der Waals surface area contributed by atoms with Crippen molar-refractivity contribution in [1.82, 2.24) is 25.2 Å². The van der Waals surface area contributed by atoms with Crippen molar-refractivity contribution in [3.63, 3.8) is 0 Å². The molecule has 0 radical (unpaired) electrons. The molecule has 2 fully saturated rings. The smallest absolute Gasteiger partial charge is 0.290 e. The van der Waals surface area contributed by atoms with Gasteiger partial charge in [0.05, 0.1) is 26.9 Å². The second kappa shape index (κ2) is 10.7. The molecule has 3 aromatic rings. The number of carbonyl (C=O) groups excluding carboxylic acids is 2. The Morgan fingerprint density at radius 1 is 1.14 bits per heavy atom. The predicted octanol–water partition coefficient (Wildman–Crippen LogP) is 4.27. The fraction of sp³-hybridized carbons (Fsp3) is 0.320. The lowest BCUT2D eigenvalue weighted by molar-refractivity contribution is -0.115. The number of anilines is 1. The first-order valence-electron chi connectivity index (χ1n) is 11.5. The molecule has 0 spiro atoms. The molecule has 0 atom stereocenters. The Hall–Kier alpha value is -3.08. The van der Waals surface area contributed by atoms with Gasteiger partial charge in [-0.1, -0.05) is 12.1 Å². The fourth-order valence-corrected chi connectivity index (χ4v) is 5.74. The lowest BCUT2D eigenvalue weighted by atomic mass is 9.96. The monoisotopic (exact) mass is 506 g/mol. The van der Waals surface area contributed by atoms with Gasteiger partial charge in [0.25, 0.3) is 11.1 Å². The van der Waals surface area contributed by atoms with Gasteiger partial charge in [-0.25, -0.2) is 9.97 Å². The first-order valence-corrected chi connectivity index (χ1v) is 13.2. The van der Waals surface area contributed by atoms with Crippen LogP contribution in [0.25, 0.3) is 16.6 Å². The highest BCUT2D eigenvalue weighted by atomic mass is 32.2. The van der Waals surface area contributed by atoms with E-state index in [4.69, 9.17) is 4.98 Å². The Kier molecular flexibility index (Phi) is 7.21. The zero-order valence-corrected chi connectivity index (χ0v) is 21.0. The molecule has 8 nitrogen and oxygen atoms in total. The zero-order chi connectivity index (χ0) is 24.2. The van der Waals surface area contributed by atoms with Gasteiger partial charge in [0.2, 0.25) is 5.95 Å². The van der Waals surface area contributed by atoms with Crippen molar-refractivity contribution in [1.29, 1.82) is 0 Å². The molecular weight excluding hydrogens is 480 g/mol. The van der Waals surface area contributed by atoms with Gasteiger partial charge < -0.3 is 9.80 Å². The van der Waals surface area contributed by atoms with Gasteiger partial charge in [0.15, 0.2) is 0 Å².